The summed E-state index contributed by atoms with van der Waals surface area (Å²) in [5.41, 5.74) is -0.180. The highest BCUT2D eigenvalue weighted by Gasteiger charge is 2.38. The van der Waals surface area contributed by atoms with Gasteiger partial charge in [0.2, 0.25) is 0 Å². The molecule has 0 saturated heterocycles. The van der Waals surface area contributed by atoms with Gasteiger partial charge in [0.25, 0.3) is 0 Å². The molecule has 0 aliphatic rings. The van der Waals surface area contributed by atoms with Crippen LogP contribution < -0.4 is 9.47 Å². The van der Waals surface area contributed by atoms with E-state index in [0.717, 1.165) is 13.0 Å². The van der Waals surface area contributed by atoms with Gasteiger partial charge in [0.1, 0.15) is 0 Å². The topological polar surface area (TPSA) is 55.8 Å². The summed E-state index contributed by atoms with van der Waals surface area (Å²) < 4.78 is 46.5. The van der Waals surface area contributed by atoms with E-state index in [0.29, 0.717) is 0 Å². The van der Waals surface area contributed by atoms with Crippen molar-refractivity contribution in [1.82, 2.24) is 0 Å². The number of ether oxygens (including phenoxy) is 2. The number of rotatable bonds is 4. The van der Waals surface area contributed by atoms with Crippen molar-refractivity contribution in [2.24, 2.45) is 0 Å². The lowest BCUT2D eigenvalue weighted by molar-refractivity contribution is -0.189. The predicted molar refractivity (Wildman–Crippen MR) is 56.1 cm³/mol. The minimum Gasteiger partial charge on any atom is -0.493 e. The van der Waals surface area contributed by atoms with Crippen LogP contribution in [-0.4, -0.2) is 30.5 Å². The highest BCUT2D eigenvalue weighted by Crippen LogP contribution is 2.32. The lowest BCUT2D eigenvalue weighted by Gasteiger charge is -2.19. The van der Waals surface area contributed by atoms with Gasteiger partial charge in [0, 0.05) is 0 Å². The molecule has 1 N–H and O–H groups in total. The lowest BCUT2D eigenvalue weighted by atomic mass is 10.2. The highest BCUT2D eigenvalue weighted by molar-refractivity contribution is 5.88. The van der Waals surface area contributed by atoms with Crippen LogP contribution in [0.5, 0.6) is 11.5 Å². The van der Waals surface area contributed by atoms with Crippen LogP contribution in [0, 0.1) is 0 Å². The molecule has 1 unspecified atom stereocenters. The van der Waals surface area contributed by atoms with Crippen molar-refractivity contribution in [1.29, 1.82) is 0 Å². The molecule has 0 saturated carbocycles. The van der Waals surface area contributed by atoms with Gasteiger partial charge in [-0.05, 0) is 25.1 Å². The van der Waals surface area contributed by atoms with Crippen LogP contribution in [0.25, 0.3) is 0 Å². The maximum absolute atomic E-state index is 12.3. The van der Waals surface area contributed by atoms with Crippen LogP contribution in [0.3, 0.4) is 0 Å². The van der Waals surface area contributed by atoms with Gasteiger partial charge in [-0.25, -0.2) is 4.79 Å². The number of carboxylic acid groups (broad SMARTS) is 1. The van der Waals surface area contributed by atoms with Crippen molar-refractivity contribution < 1.29 is 32.5 Å². The van der Waals surface area contributed by atoms with Gasteiger partial charge in [0.05, 0.1) is 12.7 Å². The summed E-state index contributed by atoms with van der Waals surface area (Å²) >= 11 is 0. The van der Waals surface area contributed by atoms with Crippen LogP contribution >= 0.6 is 0 Å². The number of carbonyl (C=O) groups is 1. The van der Waals surface area contributed by atoms with Gasteiger partial charge in [-0.15, -0.1) is 0 Å². The average Bonchev–Trinajstić information content (AvgIpc) is 2.27. The zero-order valence-electron chi connectivity index (χ0n) is 9.62. The molecule has 0 amide bonds. The summed E-state index contributed by atoms with van der Waals surface area (Å²) in [7, 11) is 1.25. The van der Waals surface area contributed by atoms with E-state index in [2.05, 4.69) is 4.74 Å². The molecular formula is C11H11F3O4. The highest BCUT2D eigenvalue weighted by atomic mass is 19.4. The zero-order valence-corrected chi connectivity index (χ0v) is 9.62. The van der Waals surface area contributed by atoms with Crippen LogP contribution in [0.2, 0.25) is 0 Å². The maximum Gasteiger partial charge on any atom is 0.425 e. The lowest BCUT2D eigenvalue weighted by Crippen LogP contribution is -2.31. The molecule has 1 aromatic rings. The third-order valence-electron chi connectivity index (χ3n) is 2.18. The summed E-state index contributed by atoms with van der Waals surface area (Å²) in [6.07, 6.45) is -6.60. The number of halogens is 3. The summed E-state index contributed by atoms with van der Waals surface area (Å²) in [5.74, 6) is -1.49. The molecule has 1 atom stereocenters. The van der Waals surface area contributed by atoms with E-state index in [4.69, 9.17) is 9.84 Å². The first-order valence-electron chi connectivity index (χ1n) is 4.90. The first-order valence-corrected chi connectivity index (χ1v) is 4.90. The van der Waals surface area contributed by atoms with Gasteiger partial charge in [-0.3, -0.25) is 0 Å². The number of methoxy groups -OCH3 is 1. The predicted octanol–water partition coefficient (Wildman–Crippen LogP) is 2.72. The van der Waals surface area contributed by atoms with Crippen LogP contribution in [0.4, 0.5) is 13.2 Å². The molecule has 1 rings (SSSR count). The Morgan fingerprint density at radius 3 is 2.39 bits per heavy atom. The summed E-state index contributed by atoms with van der Waals surface area (Å²) in [5, 5.41) is 8.75. The fourth-order valence-corrected chi connectivity index (χ4v) is 1.16. The zero-order chi connectivity index (χ0) is 13.9. The minimum atomic E-state index is -4.54. The summed E-state index contributed by atoms with van der Waals surface area (Å²) in [4.78, 5) is 10.7. The van der Waals surface area contributed by atoms with Gasteiger partial charge in [0.15, 0.2) is 17.6 Å². The van der Waals surface area contributed by atoms with E-state index >= 15 is 0 Å². The Bertz CT molecular complexity index is 442. The van der Waals surface area contributed by atoms with Gasteiger partial charge < -0.3 is 14.6 Å². The van der Waals surface area contributed by atoms with Crippen molar-refractivity contribution in [3.8, 4) is 11.5 Å². The van der Waals surface area contributed by atoms with Crippen LogP contribution in [0.15, 0.2) is 18.2 Å². The molecule has 0 fully saturated rings. The monoisotopic (exact) mass is 264 g/mol. The number of aromatic carboxylic acids is 1. The maximum atomic E-state index is 12.3. The van der Waals surface area contributed by atoms with E-state index in [1.807, 2.05) is 0 Å². The second kappa shape index (κ2) is 5.16. The van der Waals surface area contributed by atoms with Crippen molar-refractivity contribution in [2.45, 2.75) is 19.2 Å². The molecule has 4 nitrogen and oxygen atoms in total. The molecule has 0 heterocycles. The smallest absolute Gasteiger partial charge is 0.425 e. The van der Waals surface area contributed by atoms with Gasteiger partial charge >= 0.3 is 12.1 Å². The third kappa shape index (κ3) is 3.28. The van der Waals surface area contributed by atoms with Crippen molar-refractivity contribution >= 4 is 5.97 Å². The normalized spacial score (nSPS) is 12.9. The van der Waals surface area contributed by atoms with E-state index in [1.165, 1.54) is 19.2 Å². The first kappa shape index (κ1) is 14.1. The molecule has 0 aromatic heterocycles. The van der Waals surface area contributed by atoms with E-state index in [9.17, 15) is 18.0 Å². The Balaban J connectivity index is 3.05. The van der Waals surface area contributed by atoms with Crippen molar-refractivity contribution in [2.75, 3.05) is 7.11 Å². The summed E-state index contributed by atoms with van der Waals surface area (Å²) in [6.45, 7) is 0.826. The molecule has 1 aromatic carbocycles. The molecule has 0 radical (unpaired) electrons. The van der Waals surface area contributed by atoms with Gasteiger partial charge in [-0.1, -0.05) is 0 Å². The molecule has 7 heteroatoms. The Morgan fingerprint density at radius 1 is 1.33 bits per heavy atom. The third-order valence-corrected chi connectivity index (χ3v) is 2.18. The number of hydrogen-bond acceptors (Lipinski definition) is 3. The van der Waals surface area contributed by atoms with Crippen LogP contribution in [-0.2, 0) is 0 Å². The molecule has 100 valence electrons. The minimum absolute atomic E-state index is 0.0381. The molecule has 0 bridgehead atoms. The number of benzene rings is 1. The Morgan fingerprint density at radius 2 is 1.94 bits per heavy atom. The number of alkyl halides is 3. The van der Waals surface area contributed by atoms with E-state index in [1.54, 1.807) is 0 Å². The molecule has 18 heavy (non-hydrogen) atoms. The summed E-state index contributed by atoms with van der Waals surface area (Å²) in [6, 6.07) is 3.44. The Labute approximate surface area is 101 Å². The van der Waals surface area contributed by atoms with E-state index < -0.39 is 18.2 Å². The molecule has 0 aliphatic carbocycles. The Kier molecular flexibility index (Phi) is 4.05. The second-order valence-electron chi connectivity index (χ2n) is 3.47. The number of hydrogen-bond donors (Lipinski definition) is 1. The fourth-order valence-electron chi connectivity index (χ4n) is 1.16. The largest absolute Gasteiger partial charge is 0.493 e. The first-order chi connectivity index (χ1) is 8.25. The average molecular weight is 264 g/mol. The Hall–Kier alpha value is -1.92. The van der Waals surface area contributed by atoms with Crippen LogP contribution in [0.1, 0.15) is 17.3 Å². The van der Waals surface area contributed by atoms with Crippen molar-refractivity contribution in [3.63, 3.8) is 0 Å². The quantitative estimate of drug-likeness (QED) is 0.908. The van der Waals surface area contributed by atoms with Crippen molar-refractivity contribution in [3.05, 3.63) is 23.8 Å². The molecular weight excluding hydrogens is 253 g/mol. The fraction of sp³-hybridized carbons (Fsp3) is 0.364. The molecule has 0 spiro atoms. The number of carboxylic acids is 1. The molecule has 0 aliphatic heterocycles. The SMILES string of the molecule is COc1ccc(C(=O)O)cc1OC(C)C(F)(F)F. The standard InChI is InChI=1S/C11H11F3O4/c1-6(11(12,13)14)18-9-5-7(10(15)16)3-4-8(9)17-2/h3-6H,1-2H3,(H,15,16). The second-order valence-corrected chi connectivity index (χ2v) is 3.47. The van der Waals surface area contributed by atoms with Gasteiger partial charge in [-0.2, -0.15) is 13.2 Å². The van der Waals surface area contributed by atoms with E-state index in [-0.39, 0.29) is 17.1 Å².